The van der Waals surface area contributed by atoms with E-state index in [1.54, 1.807) is 6.07 Å². The first-order chi connectivity index (χ1) is 7.72. The molecule has 0 spiro atoms. The molecule has 3 N–H and O–H groups in total. The maximum Gasteiger partial charge on any atom is 0.120 e. The van der Waals surface area contributed by atoms with E-state index in [0.717, 1.165) is 18.4 Å². The van der Waals surface area contributed by atoms with Gasteiger partial charge < -0.3 is 15.5 Å². The summed E-state index contributed by atoms with van der Waals surface area (Å²) in [5, 5.41) is 22.3. The lowest BCUT2D eigenvalue weighted by molar-refractivity contribution is 0.225. The molecule has 0 saturated carbocycles. The van der Waals surface area contributed by atoms with Crippen molar-refractivity contribution in [2.45, 2.75) is 38.8 Å². The lowest BCUT2D eigenvalue weighted by Gasteiger charge is -2.23. The fourth-order valence-corrected chi connectivity index (χ4v) is 1.79. The molecule has 1 aromatic carbocycles. The Hall–Kier alpha value is -1.06. The maximum absolute atomic E-state index is 9.77. The third-order valence-electron chi connectivity index (χ3n) is 2.87. The molecule has 1 rings (SSSR count). The Morgan fingerprint density at radius 1 is 1.19 bits per heavy atom. The summed E-state index contributed by atoms with van der Waals surface area (Å²) in [4.78, 5) is 0. The minimum absolute atomic E-state index is 0.0876. The van der Waals surface area contributed by atoms with E-state index in [0.29, 0.717) is 5.75 Å². The van der Waals surface area contributed by atoms with Crippen molar-refractivity contribution in [3.63, 3.8) is 0 Å². The lowest BCUT2D eigenvalue weighted by atomic mass is 10.0. The van der Waals surface area contributed by atoms with E-state index < -0.39 is 0 Å². The zero-order valence-electron chi connectivity index (χ0n) is 9.98. The molecule has 0 aliphatic heterocycles. The summed E-state index contributed by atoms with van der Waals surface area (Å²) in [6.07, 6.45) is 1.76. The highest BCUT2D eigenvalue weighted by molar-refractivity contribution is 5.34. The number of phenols is 1. The number of hydrogen-bond acceptors (Lipinski definition) is 3. The van der Waals surface area contributed by atoms with Gasteiger partial charge in [-0.1, -0.05) is 32.0 Å². The van der Waals surface area contributed by atoms with Crippen molar-refractivity contribution < 1.29 is 10.2 Å². The maximum atomic E-state index is 9.77. The van der Waals surface area contributed by atoms with Crippen molar-refractivity contribution in [2.75, 3.05) is 6.61 Å². The van der Waals surface area contributed by atoms with Crippen LogP contribution in [0.5, 0.6) is 5.75 Å². The fraction of sp³-hybridized carbons (Fsp3) is 0.538. The third-order valence-corrected chi connectivity index (χ3v) is 2.87. The van der Waals surface area contributed by atoms with Crippen LogP contribution in [0.4, 0.5) is 0 Å². The number of hydrogen-bond donors (Lipinski definition) is 3. The van der Waals surface area contributed by atoms with E-state index in [1.807, 2.05) is 25.1 Å². The first-order valence-corrected chi connectivity index (χ1v) is 5.87. The number of aliphatic hydroxyl groups is 1. The predicted octanol–water partition coefficient (Wildman–Crippen LogP) is 2.20. The molecule has 0 aromatic heterocycles. The summed E-state index contributed by atoms with van der Waals surface area (Å²) in [7, 11) is 0. The van der Waals surface area contributed by atoms with Gasteiger partial charge in [0.15, 0.2) is 0 Å². The first kappa shape index (κ1) is 13.0. The van der Waals surface area contributed by atoms with Crippen LogP contribution in [-0.4, -0.2) is 22.9 Å². The quantitative estimate of drug-likeness (QED) is 0.693. The largest absolute Gasteiger partial charge is 0.508 e. The van der Waals surface area contributed by atoms with Crippen LogP contribution in [0.1, 0.15) is 38.3 Å². The Morgan fingerprint density at radius 3 is 2.38 bits per heavy atom. The highest BCUT2D eigenvalue weighted by atomic mass is 16.3. The molecule has 2 unspecified atom stereocenters. The number of para-hydroxylation sites is 1. The number of phenolic OH excluding ortho intramolecular Hbond substituents is 1. The van der Waals surface area contributed by atoms with Crippen LogP contribution in [0.25, 0.3) is 0 Å². The van der Waals surface area contributed by atoms with Gasteiger partial charge in [0, 0.05) is 17.6 Å². The molecule has 0 bridgehead atoms. The van der Waals surface area contributed by atoms with Crippen LogP contribution in [0.2, 0.25) is 0 Å². The molecular weight excluding hydrogens is 202 g/mol. The monoisotopic (exact) mass is 223 g/mol. The Balaban J connectivity index is 2.78. The summed E-state index contributed by atoms with van der Waals surface area (Å²) in [5.41, 5.74) is 0.900. The Kier molecular flexibility index (Phi) is 5.29. The van der Waals surface area contributed by atoms with Gasteiger partial charge in [-0.2, -0.15) is 0 Å². The molecule has 3 heteroatoms. The SMILES string of the molecule is CCC(CO)NC(CC)c1ccccc1O. The summed E-state index contributed by atoms with van der Waals surface area (Å²) in [6.45, 7) is 4.22. The van der Waals surface area contributed by atoms with Crippen LogP contribution in [-0.2, 0) is 0 Å². The van der Waals surface area contributed by atoms with Crippen molar-refractivity contribution in [3.05, 3.63) is 29.8 Å². The molecule has 0 radical (unpaired) electrons. The topological polar surface area (TPSA) is 52.5 Å². The Labute approximate surface area is 97.1 Å². The van der Waals surface area contributed by atoms with Crippen molar-refractivity contribution in [3.8, 4) is 5.75 Å². The molecule has 0 saturated heterocycles. The van der Waals surface area contributed by atoms with Gasteiger partial charge in [-0.25, -0.2) is 0 Å². The smallest absolute Gasteiger partial charge is 0.120 e. The Bertz CT molecular complexity index is 311. The minimum atomic E-state index is 0.0876. The average Bonchev–Trinajstić information content (AvgIpc) is 2.32. The second-order valence-corrected chi connectivity index (χ2v) is 3.97. The van der Waals surface area contributed by atoms with Crippen LogP contribution in [0, 0.1) is 0 Å². The predicted molar refractivity (Wildman–Crippen MR) is 65.4 cm³/mol. The van der Waals surface area contributed by atoms with E-state index in [9.17, 15) is 5.11 Å². The molecule has 0 amide bonds. The first-order valence-electron chi connectivity index (χ1n) is 5.87. The van der Waals surface area contributed by atoms with Crippen molar-refractivity contribution in [1.29, 1.82) is 0 Å². The molecule has 0 heterocycles. The van der Waals surface area contributed by atoms with Gasteiger partial charge in [0.2, 0.25) is 0 Å². The zero-order valence-corrected chi connectivity index (χ0v) is 9.98. The van der Waals surface area contributed by atoms with Gasteiger partial charge in [-0.05, 0) is 18.9 Å². The average molecular weight is 223 g/mol. The van der Waals surface area contributed by atoms with E-state index in [1.165, 1.54) is 0 Å². The van der Waals surface area contributed by atoms with Crippen LogP contribution in [0.3, 0.4) is 0 Å². The van der Waals surface area contributed by atoms with Crippen molar-refractivity contribution >= 4 is 0 Å². The van der Waals surface area contributed by atoms with Crippen LogP contribution < -0.4 is 5.32 Å². The van der Waals surface area contributed by atoms with Crippen molar-refractivity contribution in [2.24, 2.45) is 0 Å². The van der Waals surface area contributed by atoms with Gasteiger partial charge in [0.25, 0.3) is 0 Å². The lowest BCUT2D eigenvalue weighted by Crippen LogP contribution is -2.34. The second kappa shape index (κ2) is 6.51. The zero-order chi connectivity index (χ0) is 12.0. The standard InChI is InChI=1S/C13H21NO2/c1-3-10(9-15)14-12(4-2)11-7-5-6-8-13(11)16/h5-8,10,12,14-16H,3-4,9H2,1-2H3. The molecule has 90 valence electrons. The summed E-state index contributed by atoms with van der Waals surface area (Å²) in [5.74, 6) is 0.314. The summed E-state index contributed by atoms with van der Waals surface area (Å²) in [6, 6.07) is 7.52. The molecule has 2 atom stereocenters. The molecule has 1 aromatic rings. The molecule has 0 fully saturated rings. The number of benzene rings is 1. The molecule has 3 nitrogen and oxygen atoms in total. The van der Waals surface area contributed by atoms with Gasteiger partial charge in [0.1, 0.15) is 5.75 Å². The van der Waals surface area contributed by atoms with Gasteiger partial charge in [-0.3, -0.25) is 0 Å². The summed E-state index contributed by atoms with van der Waals surface area (Å²) < 4.78 is 0. The van der Waals surface area contributed by atoms with E-state index in [-0.39, 0.29) is 18.7 Å². The highest BCUT2D eigenvalue weighted by Crippen LogP contribution is 2.26. The third kappa shape index (κ3) is 3.22. The minimum Gasteiger partial charge on any atom is -0.508 e. The number of aliphatic hydroxyl groups excluding tert-OH is 1. The van der Waals surface area contributed by atoms with Gasteiger partial charge in [-0.15, -0.1) is 0 Å². The Morgan fingerprint density at radius 2 is 1.88 bits per heavy atom. The molecule has 0 aliphatic rings. The molecular formula is C13H21NO2. The van der Waals surface area contributed by atoms with Gasteiger partial charge >= 0.3 is 0 Å². The number of aromatic hydroxyl groups is 1. The molecule has 0 aliphatic carbocycles. The summed E-state index contributed by atoms with van der Waals surface area (Å²) >= 11 is 0. The number of rotatable bonds is 6. The van der Waals surface area contributed by atoms with E-state index >= 15 is 0 Å². The fourth-order valence-electron chi connectivity index (χ4n) is 1.79. The van der Waals surface area contributed by atoms with E-state index in [2.05, 4.69) is 12.2 Å². The number of nitrogens with one attached hydrogen (secondary N) is 1. The van der Waals surface area contributed by atoms with E-state index in [4.69, 9.17) is 5.11 Å². The van der Waals surface area contributed by atoms with Crippen LogP contribution in [0.15, 0.2) is 24.3 Å². The normalized spacial score (nSPS) is 14.7. The molecule has 16 heavy (non-hydrogen) atoms. The van der Waals surface area contributed by atoms with Gasteiger partial charge in [0.05, 0.1) is 6.61 Å². The van der Waals surface area contributed by atoms with Crippen molar-refractivity contribution in [1.82, 2.24) is 5.32 Å². The van der Waals surface area contributed by atoms with Crippen LogP contribution >= 0.6 is 0 Å². The second-order valence-electron chi connectivity index (χ2n) is 3.97. The highest BCUT2D eigenvalue weighted by Gasteiger charge is 2.16.